The Morgan fingerprint density at radius 2 is 1.41 bits per heavy atom. The van der Waals surface area contributed by atoms with E-state index in [0.29, 0.717) is 0 Å². The Bertz CT molecular complexity index is 1200. The topological polar surface area (TPSA) is 94.8 Å². The van der Waals surface area contributed by atoms with Gasteiger partial charge in [-0.05, 0) is 29.8 Å². The Hall–Kier alpha value is -1.67. The van der Waals surface area contributed by atoms with Crippen LogP contribution >= 0.6 is 46.4 Å². The van der Waals surface area contributed by atoms with Gasteiger partial charge in [0.15, 0.2) is 4.75 Å². The van der Waals surface area contributed by atoms with Crippen LogP contribution in [0.5, 0.6) is 11.5 Å². The summed E-state index contributed by atoms with van der Waals surface area (Å²) in [5.74, 6) is -0.644. The second kappa shape index (κ2) is 7.87. The van der Waals surface area contributed by atoms with Gasteiger partial charge in [0, 0.05) is 22.2 Å². The molecule has 3 aromatic carbocycles. The Balaban J connectivity index is 2.63. The minimum absolute atomic E-state index is 0.0227. The molecule has 3 N–H and O–H groups in total. The molecule has 5 nitrogen and oxygen atoms in total. The third kappa shape index (κ3) is 3.65. The molecule has 0 aromatic heterocycles. The number of halogens is 4. The van der Waals surface area contributed by atoms with E-state index in [2.05, 4.69) is 0 Å². The van der Waals surface area contributed by atoms with Crippen molar-refractivity contribution in [3.05, 3.63) is 91.4 Å². The average Bonchev–Trinajstić information content (AvgIpc) is 2.63. The van der Waals surface area contributed by atoms with Gasteiger partial charge in [-0.2, -0.15) is 8.42 Å². The Morgan fingerprint density at radius 3 is 2.00 bits per heavy atom. The molecular weight excluding hydrogens is 482 g/mol. The van der Waals surface area contributed by atoms with Crippen molar-refractivity contribution >= 4 is 56.5 Å². The molecule has 29 heavy (non-hydrogen) atoms. The van der Waals surface area contributed by atoms with Gasteiger partial charge in [-0.25, -0.2) is 0 Å². The van der Waals surface area contributed by atoms with Gasteiger partial charge in [-0.1, -0.05) is 70.7 Å². The smallest absolute Gasteiger partial charge is 0.283 e. The molecule has 3 rings (SSSR count). The number of phenolic OH excluding ortho intramolecular Hbond substituents is 2. The van der Waals surface area contributed by atoms with Crippen LogP contribution in [0.4, 0.5) is 0 Å². The van der Waals surface area contributed by atoms with Crippen molar-refractivity contribution in [1.82, 2.24) is 0 Å². The van der Waals surface area contributed by atoms with Gasteiger partial charge >= 0.3 is 0 Å². The third-order valence-electron chi connectivity index (χ3n) is 4.39. The first kappa shape index (κ1) is 22.0. The zero-order valence-corrected chi connectivity index (χ0v) is 18.1. The van der Waals surface area contributed by atoms with E-state index < -0.39 is 20.6 Å². The van der Waals surface area contributed by atoms with Crippen LogP contribution in [-0.4, -0.2) is 23.2 Å². The molecule has 0 aliphatic carbocycles. The molecule has 0 spiro atoms. The Morgan fingerprint density at radius 1 is 0.793 bits per heavy atom. The molecule has 0 radical (unpaired) electrons. The van der Waals surface area contributed by atoms with Crippen molar-refractivity contribution in [3.63, 3.8) is 0 Å². The van der Waals surface area contributed by atoms with Gasteiger partial charge in [-0.3, -0.25) is 4.55 Å². The minimum atomic E-state index is -5.07. The molecule has 0 fully saturated rings. The predicted molar refractivity (Wildman–Crippen MR) is 114 cm³/mol. The first-order valence-corrected chi connectivity index (χ1v) is 10.8. The molecule has 0 saturated heterocycles. The lowest BCUT2D eigenvalue weighted by molar-refractivity contribution is 0.455. The van der Waals surface area contributed by atoms with E-state index >= 15 is 0 Å². The van der Waals surface area contributed by atoms with Gasteiger partial charge in [0.25, 0.3) is 10.1 Å². The monoisotopic (exact) mass is 492 g/mol. The fourth-order valence-corrected chi connectivity index (χ4v) is 5.52. The van der Waals surface area contributed by atoms with E-state index in [1.165, 1.54) is 48.5 Å². The summed E-state index contributed by atoms with van der Waals surface area (Å²) in [6.45, 7) is 0. The summed E-state index contributed by atoms with van der Waals surface area (Å²) in [6, 6.07) is 11.6. The standard InChI is InChI=1S/C19H12Cl4O5S/c20-11-8-14(18(23)16(25)9-11)19(29(26,27)28,10-4-6-12(24)7-5-10)13-2-1-3-15(21)17(13)22/h1-9,24-25H,(H,26,27,28). The number of phenols is 2. The van der Waals surface area contributed by atoms with Gasteiger partial charge in [0.2, 0.25) is 0 Å². The number of aromatic hydroxyl groups is 2. The van der Waals surface area contributed by atoms with E-state index in [4.69, 9.17) is 46.4 Å². The Labute approximate surface area is 186 Å². The van der Waals surface area contributed by atoms with Crippen LogP contribution in [0.15, 0.2) is 54.6 Å². The van der Waals surface area contributed by atoms with Gasteiger partial charge in [0.1, 0.15) is 11.5 Å². The molecule has 0 heterocycles. The maximum Gasteiger partial charge on any atom is 0.283 e. The maximum atomic E-state index is 13.0. The van der Waals surface area contributed by atoms with E-state index in [-0.39, 0.29) is 42.5 Å². The molecule has 0 aliphatic heterocycles. The number of rotatable bonds is 4. The lowest BCUT2D eigenvalue weighted by Crippen LogP contribution is -2.39. The molecule has 3 aromatic rings. The van der Waals surface area contributed by atoms with Crippen LogP contribution in [-0.2, 0) is 14.9 Å². The molecule has 10 heteroatoms. The molecule has 0 saturated carbocycles. The quantitative estimate of drug-likeness (QED) is 0.311. The molecule has 152 valence electrons. The maximum absolute atomic E-state index is 13.0. The number of hydrogen-bond acceptors (Lipinski definition) is 4. The van der Waals surface area contributed by atoms with Crippen LogP contribution < -0.4 is 0 Å². The zero-order valence-electron chi connectivity index (χ0n) is 14.3. The van der Waals surface area contributed by atoms with E-state index in [1.807, 2.05) is 0 Å². The van der Waals surface area contributed by atoms with E-state index in [0.717, 1.165) is 6.07 Å². The second-order valence-electron chi connectivity index (χ2n) is 6.09. The lowest BCUT2D eigenvalue weighted by Gasteiger charge is -2.34. The number of benzene rings is 3. The highest BCUT2D eigenvalue weighted by Crippen LogP contribution is 2.51. The van der Waals surface area contributed by atoms with Crippen molar-refractivity contribution in [1.29, 1.82) is 0 Å². The van der Waals surface area contributed by atoms with Crippen LogP contribution in [0, 0.1) is 0 Å². The van der Waals surface area contributed by atoms with Crippen molar-refractivity contribution in [2.75, 3.05) is 0 Å². The first-order valence-electron chi connectivity index (χ1n) is 7.89. The summed E-state index contributed by atoms with van der Waals surface area (Å²) in [6.07, 6.45) is 0. The SMILES string of the molecule is O=S(=O)(O)C(c1ccc(O)cc1)(c1cc(Cl)cc(O)c1Cl)c1cccc(Cl)c1Cl. The molecule has 1 unspecified atom stereocenters. The van der Waals surface area contributed by atoms with Crippen molar-refractivity contribution in [2.24, 2.45) is 0 Å². The fourth-order valence-electron chi connectivity index (χ4n) is 3.19. The average molecular weight is 494 g/mol. The van der Waals surface area contributed by atoms with Gasteiger partial charge in [0.05, 0.1) is 15.1 Å². The molecule has 0 amide bonds. The summed E-state index contributed by atoms with van der Waals surface area (Å²) >= 11 is 24.8. The predicted octanol–water partition coefficient (Wildman–Crippen LogP) is 5.89. The van der Waals surface area contributed by atoms with E-state index in [9.17, 15) is 23.2 Å². The Kier molecular flexibility index (Phi) is 5.98. The summed E-state index contributed by atoms with van der Waals surface area (Å²) in [5.41, 5.74) is -0.393. The van der Waals surface area contributed by atoms with Gasteiger partial charge in [-0.15, -0.1) is 0 Å². The highest BCUT2D eigenvalue weighted by molar-refractivity contribution is 7.87. The minimum Gasteiger partial charge on any atom is -0.508 e. The highest BCUT2D eigenvalue weighted by atomic mass is 35.5. The summed E-state index contributed by atoms with van der Waals surface area (Å²) in [4.78, 5) is 0. The largest absolute Gasteiger partial charge is 0.508 e. The molecule has 0 aliphatic rings. The van der Waals surface area contributed by atoms with Crippen molar-refractivity contribution in [2.45, 2.75) is 4.75 Å². The molecule has 0 bridgehead atoms. The lowest BCUT2D eigenvalue weighted by atomic mass is 9.83. The van der Waals surface area contributed by atoms with Gasteiger partial charge < -0.3 is 10.2 Å². The zero-order chi connectivity index (χ0) is 21.6. The fraction of sp³-hybridized carbons (Fsp3) is 0.0526. The molecule has 1 atom stereocenters. The van der Waals surface area contributed by atoms with Crippen LogP contribution in [0.1, 0.15) is 16.7 Å². The summed E-state index contributed by atoms with van der Waals surface area (Å²) < 4.78 is 34.1. The van der Waals surface area contributed by atoms with E-state index in [1.54, 1.807) is 0 Å². The molecular formula is C19H12Cl4O5S. The third-order valence-corrected chi connectivity index (χ3v) is 7.27. The summed E-state index contributed by atoms with van der Waals surface area (Å²) in [7, 11) is -5.07. The van der Waals surface area contributed by atoms with Crippen molar-refractivity contribution < 1.29 is 23.2 Å². The normalized spacial score (nSPS) is 13.8. The van der Waals surface area contributed by atoms with Crippen LogP contribution in [0.3, 0.4) is 0 Å². The summed E-state index contributed by atoms with van der Waals surface area (Å²) in [5, 5.41) is 19.3. The van der Waals surface area contributed by atoms with Crippen LogP contribution in [0.2, 0.25) is 20.1 Å². The first-order chi connectivity index (χ1) is 13.5. The highest BCUT2D eigenvalue weighted by Gasteiger charge is 2.51. The number of hydrogen-bond donors (Lipinski definition) is 3. The second-order valence-corrected chi connectivity index (χ2v) is 9.25. The van der Waals surface area contributed by atoms with Crippen molar-refractivity contribution in [3.8, 4) is 11.5 Å². The van der Waals surface area contributed by atoms with Crippen LogP contribution in [0.25, 0.3) is 0 Å².